The van der Waals surface area contributed by atoms with E-state index in [2.05, 4.69) is 54.6 Å². The van der Waals surface area contributed by atoms with Crippen LogP contribution < -0.4 is 14.9 Å². The van der Waals surface area contributed by atoms with E-state index in [4.69, 9.17) is 0 Å². The van der Waals surface area contributed by atoms with Crippen molar-refractivity contribution in [3.05, 3.63) is 89.5 Å². The molecular formula is C53H76F3N5O5S3. The molecule has 3 unspecified atom stereocenters. The van der Waals surface area contributed by atoms with Crippen LogP contribution in [0.15, 0.2) is 98.6 Å². The topological polar surface area (TPSA) is 119 Å². The van der Waals surface area contributed by atoms with Crippen molar-refractivity contribution in [1.82, 2.24) is 14.5 Å². The minimum atomic E-state index is -6.04. The number of benzene rings is 3. The third-order valence-corrected chi connectivity index (χ3v) is 18.4. The fourth-order valence-corrected chi connectivity index (χ4v) is 12.9. The van der Waals surface area contributed by atoms with Crippen molar-refractivity contribution < 1.29 is 34.8 Å². The predicted molar refractivity (Wildman–Crippen MR) is 275 cm³/mol. The lowest BCUT2D eigenvalue weighted by molar-refractivity contribution is -0.0435. The standard InChI is InChI=1S/C53H76F3N5O5S3/c1-7-8-9-10-14-28-59(6)29-26-44(38-67-46-15-12-11-13-16-46)57-49-24-23-47(35-50(49)68(63,64)53(54,55)56)69(65,66)58-51(62)42-19-21-45(22-20-42)61-32-30-60(31-33-61)37-43-25-27-52(4,5)36-48(43)40(3)34-39(2)41-17-18-41/h11-13,15-16,19-24,35,39-41,44,57H,7-10,14,17-18,25-34,36-38H2,1-6H3,(H,58,62). The van der Waals surface area contributed by atoms with E-state index in [-0.39, 0.29) is 11.3 Å². The van der Waals surface area contributed by atoms with E-state index in [1.807, 2.05) is 42.1 Å². The average Bonchev–Trinajstić information content (AvgIpc) is 4.17. The lowest BCUT2D eigenvalue weighted by atomic mass is 9.70. The van der Waals surface area contributed by atoms with Gasteiger partial charge in [0.25, 0.3) is 25.8 Å². The highest BCUT2D eigenvalue weighted by Crippen LogP contribution is 2.46. The Morgan fingerprint density at radius 3 is 2.23 bits per heavy atom. The number of amides is 1. The van der Waals surface area contributed by atoms with Crippen LogP contribution in [0.25, 0.3) is 0 Å². The number of nitrogens with zero attached hydrogens (tertiary/aromatic N) is 3. The second-order valence-corrected chi connectivity index (χ2v) is 25.4. The van der Waals surface area contributed by atoms with Crippen molar-refractivity contribution in [3.8, 4) is 0 Å². The van der Waals surface area contributed by atoms with Crippen molar-refractivity contribution in [2.24, 2.45) is 23.2 Å². The Morgan fingerprint density at radius 1 is 0.899 bits per heavy atom. The average molecular weight is 1020 g/mol. The summed E-state index contributed by atoms with van der Waals surface area (Å²) in [7, 11) is -8.89. The van der Waals surface area contributed by atoms with Gasteiger partial charge in [0.15, 0.2) is 0 Å². The molecule has 0 spiro atoms. The van der Waals surface area contributed by atoms with Crippen LogP contribution in [0.4, 0.5) is 24.5 Å². The summed E-state index contributed by atoms with van der Waals surface area (Å²) in [6.45, 7) is 17.6. The van der Waals surface area contributed by atoms with Crippen LogP contribution in [0.2, 0.25) is 0 Å². The zero-order chi connectivity index (χ0) is 50.0. The first-order valence-electron chi connectivity index (χ1n) is 25.1. The molecule has 3 aromatic carbocycles. The Hall–Kier alpha value is -3.57. The number of sulfonamides is 1. The Kier molecular flexibility index (Phi) is 19.2. The number of thioether (sulfide) groups is 1. The molecule has 3 atom stereocenters. The second-order valence-electron chi connectivity index (χ2n) is 20.7. The van der Waals surface area contributed by atoms with E-state index in [9.17, 15) is 34.8 Å². The van der Waals surface area contributed by atoms with E-state index < -0.39 is 47.1 Å². The highest BCUT2D eigenvalue weighted by Gasteiger charge is 2.48. The maximum absolute atomic E-state index is 14.3. The third-order valence-electron chi connectivity index (χ3n) is 14.4. The molecule has 0 radical (unpaired) electrons. The molecule has 0 aromatic heterocycles. The zero-order valence-corrected chi connectivity index (χ0v) is 44.1. The molecule has 16 heteroatoms. The number of anilines is 2. The summed E-state index contributed by atoms with van der Waals surface area (Å²) in [4.78, 5) is 19.3. The van der Waals surface area contributed by atoms with Crippen molar-refractivity contribution >= 4 is 48.9 Å². The van der Waals surface area contributed by atoms with Gasteiger partial charge in [0, 0.05) is 60.7 Å². The van der Waals surface area contributed by atoms with Gasteiger partial charge < -0.3 is 15.1 Å². The smallest absolute Gasteiger partial charge is 0.380 e. The van der Waals surface area contributed by atoms with Gasteiger partial charge in [-0.25, -0.2) is 21.6 Å². The fourth-order valence-electron chi connectivity index (χ4n) is 9.88. The van der Waals surface area contributed by atoms with Crippen LogP contribution in [0, 0.1) is 23.2 Å². The number of rotatable bonds is 25. The van der Waals surface area contributed by atoms with Crippen molar-refractivity contribution in [2.75, 3.05) is 68.8 Å². The van der Waals surface area contributed by atoms with Gasteiger partial charge in [-0.15, -0.1) is 11.8 Å². The number of alkyl halides is 3. The molecule has 1 amide bonds. The largest absolute Gasteiger partial charge is 0.501 e. The number of halogens is 3. The SMILES string of the molecule is CCCCCCCN(C)CCC(CSc1ccccc1)Nc1ccc(S(=O)(=O)NC(=O)c2ccc(N3CCN(CC4=C(C(C)CC(C)C5CC5)CC(C)(C)CC4)CC3)cc2)cc1S(=O)(=O)C(F)(F)F. The lowest BCUT2D eigenvalue weighted by Crippen LogP contribution is -2.47. The highest BCUT2D eigenvalue weighted by atomic mass is 32.2. The van der Waals surface area contributed by atoms with Gasteiger partial charge in [-0.05, 0) is 149 Å². The number of sulfone groups is 1. The van der Waals surface area contributed by atoms with Gasteiger partial charge >= 0.3 is 5.51 Å². The molecule has 2 aliphatic carbocycles. The monoisotopic (exact) mass is 1020 g/mol. The maximum atomic E-state index is 14.3. The summed E-state index contributed by atoms with van der Waals surface area (Å²) in [5.41, 5.74) is -1.57. The van der Waals surface area contributed by atoms with Crippen LogP contribution in [0.1, 0.15) is 122 Å². The van der Waals surface area contributed by atoms with Crippen LogP contribution in [-0.2, 0) is 19.9 Å². The summed E-state index contributed by atoms with van der Waals surface area (Å²) in [5.74, 6) is 1.67. The number of allylic oxidation sites excluding steroid dienone is 1. The molecule has 69 heavy (non-hydrogen) atoms. The molecule has 3 aliphatic rings. The van der Waals surface area contributed by atoms with Crippen molar-refractivity contribution in [3.63, 3.8) is 0 Å². The Morgan fingerprint density at radius 2 is 1.58 bits per heavy atom. The minimum Gasteiger partial charge on any atom is -0.380 e. The normalized spacial score (nSPS) is 18.6. The number of piperazine rings is 1. The van der Waals surface area contributed by atoms with Crippen LogP contribution >= 0.6 is 11.8 Å². The Bertz CT molecular complexity index is 2400. The molecule has 0 bridgehead atoms. The lowest BCUT2D eigenvalue weighted by Gasteiger charge is -2.40. The second kappa shape index (κ2) is 24.2. The highest BCUT2D eigenvalue weighted by molar-refractivity contribution is 7.99. The van der Waals surface area contributed by atoms with Crippen LogP contribution in [-0.4, -0.2) is 103 Å². The number of carbonyl (C=O) groups is 1. The molecule has 10 nitrogen and oxygen atoms in total. The number of carbonyl (C=O) groups excluding carboxylic acids is 1. The molecule has 6 rings (SSSR count). The predicted octanol–water partition coefficient (Wildman–Crippen LogP) is 11.7. The van der Waals surface area contributed by atoms with Gasteiger partial charge in [-0.1, -0.05) is 89.6 Å². The Balaban J connectivity index is 1.10. The first-order chi connectivity index (χ1) is 32.7. The molecule has 1 saturated carbocycles. The third kappa shape index (κ3) is 15.7. The molecule has 2 N–H and O–H groups in total. The van der Waals surface area contributed by atoms with Crippen LogP contribution in [0.3, 0.4) is 0 Å². The number of hydrogen-bond donors (Lipinski definition) is 2. The summed E-state index contributed by atoms with van der Waals surface area (Å²) >= 11 is 1.47. The van der Waals surface area contributed by atoms with E-state index in [1.54, 1.807) is 23.3 Å². The molecule has 1 saturated heterocycles. The van der Waals surface area contributed by atoms with Gasteiger partial charge in [0.05, 0.1) is 10.6 Å². The maximum Gasteiger partial charge on any atom is 0.501 e. The zero-order valence-electron chi connectivity index (χ0n) is 41.6. The van der Waals surface area contributed by atoms with Crippen molar-refractivity contribution in [2.45, 2.75) is 138 Å². The molecule has 3 aromatic rings. The van der Waals surface area contributed by atoms with Crippen LogP contribution in [0.5, 0.6) is 0 Å². The number of nitrogens with one attached hydrogen (secondary N) is 2. The molecular weight excluding hydrogens is 940 g/mol. The molecule has 2 fully saturated rings. The summed E-state index contributed by atoms with van der Waals surface area (Å²) in [6.07, 6.45) is 13.6. The van der Waals surface area contributed by atoms with Gasteiger partial charge in [-0.3, -0.25) is 9.69 Å². The first-order valence-corrected chi connectivity index (χ1v) is 29.0. The fraction of sp³-hybridized carbons (Fsp3) is 0.604. The van der Waals surface area contributed by atoms with E-state index in [0.29, 0.717) is 36.1 Å². The van der Waals surface area contributed by atoms with Gasteiger partial charge in [-0.2, -0.15) is 13.2 Å². The van der Waals surface area contributed by atoms with Crippen molar-refractivity contribution in [1.29, 1.82) is 0 Å². The minimum absolute atomic E-state index is 0.0249. The number of unbranched alkanes of at least 4 members (excludes halogenated alkanes) is 4. The quantitative estimate of drug-likeness (QED) is 0.0482. The summed E-state index contributed by atoms with van der Waals surface area (Å²) in [6, 6.07) is 18.0. The van der Waals surface area contributed by atoms with E-state index in [0.717, 1.165) is 106 Å². The molecule has 1 heterocycles. The first kappa shape index (κ1) is 54.8. The summed E-state index contributed by atoms with van der Waals surface area (Å²) < 4.78 is 98.3. The molecule has 1 aliphatic heterocycles. The Labute approximate surface area is 415 Å². The van der Waals surface area contributed by atoms with Gasteiger partial charge in [0.2, 0.25) is 0 Å². The van der Waals surface area contributed by atoms with E-state index >= 15 is 0 Å². The number of hydrogen-bond acceptors (Lipinski definition) is 10. The molecule has 382 valence electrons. The van der Waals surface area contributed by atoms with E-state index in [1.165, 1.54) is 62.4 Å². The summed E-state index contributed by atoms with van der Waals surface area (Å²) in [5, 5.41) is 3.03. The van der Waals surface area contributed by atoms with Gasteiger partial charge in [0.1, 0.15) is 4.90 Å².